The number of hydrogen-bond acceptors (Lipinski definition) is 3. The largest absolute Gasteiger partial charge is 0.497 e. The fourth-order valence-electron chi connectivity index (χ4n) is 3.53. The number of nitrogens with zero attached hydrogens (tertiary/aromatic N) is 1. The maximum absolute atomic E-state index is 12.8. The van der Waals surface area contributed by atoms with Gasteiger partial charge in [-0.05, 0) is 56.5 Å². The van der Waals surface area contributed by atoms with Gasteiger partial charge in [0, 0.05) is 12.5 Å². The molecule has 0 spiro atoms. The normalized spacial score (nSPS) is 23.3. The van der Waals surface area contributed by atoms with Crippen molar-refractivity contribution >= 4 is 5.91 Å². The number of rotatable bonds is 3. The van der Waals surface area contributed by atoms with Gasteiger partial charge in [0.25, 0.3) is 0 Å². The van der Waals surface area contributed by atoms with Gasteiger partial charge in [0.05, 0.1) is 13.2 Å². The van der Waals surface area contributed by atoms with Crippen LogP contribution in [-0.2, 0) is 4.79 Å². The van der Waals surface area contributed by atoms with Crippen molar-refractivity contribution in [1.29, 1.82) is 0 Å². The second-order valence-electron chi connectivity index (χ2n) is 5.99. The van der Waals surface area contributed by atoms with Crippen molar-refractivity contribution in [3.63, 3.8) is 0 Å². The Balaban J connectivity index is 1.76. The highest BCUT2D eigenvalue weighted by molar-refractivity contribution is 5.79. The zero-order chi connectivity index (χ0) is 14.7. The van der Waals surface area contributed by atoms with Crippen LogP contribution < -0.4 is 10.1 Å². The van der Waals surface area contributed by atoms with E-state index >= 15 is 0 Å². The third kappa shape index (κ3) is 3.05. The molecule has 114 valence electrons. The van der Waals surface area contributed by atoms with E-state index in [2.05, 4.69) is 22.3 Å². The highest BCUT2D eigenvalue weighted by Crippen LogP contribution is 2.35. The van der Waals surface area contributed by atoms with E-state index in [1.807, 2.05) is 12.1 Å². The van der Waals surface area contributed by atoms with Crippen LogP contribution in [-0.4, -0.2) is 37.6 Å². The zero-order valence-corrected chi connectivity index (χ0v) is 12.7. The summed E-state index contributed by atoms with van der Waals surface area (Å²) >= 11 is 0. The molecule has 21 heavy (non-hydrogen) atoms. The number of hydrogen-bond donors (Lipinski definition) is 1. The van der Waals surface area contributed by atoms with Crippen molar-refractivity contribution in [3.8, 4) is 5.75 Å². The minimum Gasteiger partial charge on any atom is -0.497 e. The van der Waals surface area contributed by atoms with E-state index in [0.717, 1.165) is 51.1 Å². The van der Waals surface area contributed by atoms with Crippen molar-refractivity contribution in [2.45, 2.75) is 31.7 Å². The van der Waals surface area contributed by atoms with Crippen molar-refractivity contribution in [1.82, 2.24) is 10.2 Å². The Morgan fingerprint density at radius 1 is 1.29 bits per heavy atom. The van der Waals surface area contributed by atoms with Crippen LogP contribution in [0.4, 0.5) is 0 Å². The Hall–Kier alpha value is -1.55. The first-order valence-corrected chi connectivity index (χ1v) is 7.95. The molecule has 0 aromatic heterocycles. The van der Waals surface area contributed by atoms with Gasteiger partial charge in [0.2, 0.25) is 5.91 Å². The Bertz CT molecular complexity index is 497. The van der Waals surface area contributed by atoms with Gasteiger partial charge in [-0.15, -0.1) is 0 Å². The van der Waals surface area contributed by atoms with E-state index in [1.165, 1.54) is 5.56 Å². The summed E-state index contributed by atoms with van der Waals surface area (Å²) in [6.45, 7) is 2.83. The summed E-state index contributed by atoms with van der Waals surface area (Å²) in [6, 6.07) is 8.37. The third-order valence-electron chi connectivity index (χ3n) is 4.70. The highest BCUT2D eigenvalue weighted by atomic mass is 16.5. The lowest BCUT2D eigenvalue weighted by Gasteiger charge is -2.31. The summed E-state index contributed by atoms with van der Waals surface area (Å²) in [5, 5.41) is 3.33. The van der Waals surface area contributed by atoms with E-state index in [-0.39, 0.29) is 12.0 Å². The van der Waals surface area contributed by atoms with Crippen LogP contribution in [0.5, 0.6) is 5.75 Å². The monoisotopic (exact) mass is 288 g/mol. The van der Waals surface area contributed by atoms with Gasteiger partial charge in [-0.2, -0.15) is 0 Å². The average Bonchev–Trinajstić information content (AvgIpc) is 3.04. The van der Waals surface area contributed by atoms with Gasteiger partial charge in [0.1, 0.15) is 5.75 Å². The lowest BCUT2D eigenvalue weighted by atomic mass is 9.95. The maximum atomic E-state index is 12.8. The minimum atomic E-state index is 0.206. The topological polar surface area (TPSA) is 41.6 Å². The minimum absolute atomic E-state index is 0.206. The second-order valence-corrected chi connectivity index (χ2v) is 5.99. The number of nitrogens with one attached hydrogen (secondary N) is 1. The Labute approximate surface area is 126 Å². The molecule has 4 heteroatoms. The molecule has 1 N–H and O–H groups in total. The summed E-state index contributed by atoms with van der Waals surface area (Å²) in [5.74, 6) is 1.42. The number of amides is 1. The lowest BCUT2D eigenvalue weighted by molar-refractivity contribution is -0.137. The summed E-state index contributed by atoms with van der Waals surface area (Å²) < 4.78 is 5.31. The molecular formula is C17H24N2O2. The Morgan fingerprint density at radius 3 is 2.86 bits per heavy atom. The van der Waals surface area contributed by atoms with Gasteiger partial charge >= 0.3 is 0 Å². The first-order chi connectivity index (χ1) is 10.3. The molecule has 0 radical (unpaired) electrons. The molecule has 2 aliphatic rings. The van der Waals surface area contributed by atoms with Gasteiger partial charge in [-0.3, -0.25) is 4.79 Å². The van der Waals surface area contributed by atoms with Crippen LogP contribution in [0.25, 0.3) is 0 Å². The summed E-state index contributed by atoms with van der Waals surface area (Å²) in [6.07, 6.45) is 4.10. The predicted octanol–water partition coefficient (Wildman–Crippen LogP) is 2.36. The molecule has 2 saturated heterocycles. The quantitative estimate of drug-likeness (QED) is 0.928. The molecule has 0 aliphatic carbocycles. The van der Waals surface area contributed by atoms with Crippen LogP contribution in [0.3, 0.4) is 0 Å². The van der Waals surface area contributed by atoms with E-state index in [0.29, 0.717) is 5.91 Å². The number of benzene rings is 1. The molecule has 3 rings (SSSR count). The average molecular weight is 288 g/mol. The molecule has 2 fully saturated rings. The van der Waals surface area contributed by atoms with Crippen molar-refractivity contribution in [3.05, 3.63) is 29.8 Å². The molecular weight excluding hydrogens is 264 g/mol. The molecule has 1 atom stereocenters. The number of carbonyl (C=O) groups is 1. The summed E-state index contributed by atoms with van der Waals surface area (Å²) in [5.41, 5.74) is 1.20. The van der Waals surface area contributed by atoms with Crippen LogP contribution in [0.15, 0.2) is 24.3 Å². The van der Waals surface area contributed by atoms with Crippen molar-refractivity contribution < 1.29 is 9.53 Å². The fraction of sp³-hybridized carbons (Fsp3) is 0.588. The smallest absolute Gasteiger partial charge is 0.226 e. The predicted molar refractivity (Wildman–Crippen MR) is 82.3 cm³/mol. The van der Waals surface area contributed by atoms with Crippen molar-refractivity contribution in [2.24, 2.45) is 5.92 Å². The van der Waals surface area contributed by atoms with E-state index in [9.17, 15) is 4.79 Å². The van der Waals surface area contributed by atoms with Crippen LogP contribution in [0.1, 0.15) is 37.3 Å². The lowest BCUT2D eigenvalue weighted by Crippen LogP contribution is -2.40. The molecule has 1 unspecified atom stereocenters. The zero-order valence-electron chi connectivity index (χ0n) is 12.7. The third-order valence-corrected chi connectivity index (χ3v) is 4.70. The molecule has 0 bridgehead atoms. The number of likely N-dealkylation sites (tertiary alicyclic amines) is 1. The number of carbonyl (C=O) groups excluding carboxylic acids is 1. The van der Waals surface area contributed by atoms with Gasteiger partial charge < -0.3 is 15.0 Å². The Morgan fingerprint density at radius 2 is 2.10 bits per heavy atom. The molecule has 1 aromatic rings. The Kier molecular flexibility index (Phi) is 4.44. The number of ether oxygens (including phenoxy) is 1. The van der Waals surface area contributed by atoms with Gasteiger partial charge in [-0.1, -0.05) is 12.1 Å². The van der Waals surface area contributed by atoms with E-state index in [1.54, 1.807) is 7.11 Å². The maximum Gasteiger partial charge on any atom is 0.226 e. The van der Waals surface area contributed by atoms with E-state index in [4.69, 9.17) is 4.74 Å². The molecule has 1 aromatic carbocycles. The first kappa shape index (κ1) is 14.4. The summed E-state index contributed by atoms with van der Waals surface area (Å²) in [7, 11) is 1.69. The molecule has 1 amide bonds. The van der Waals surface area contributed by atoms with Crippen LogP contribution in [0, 0.1) is 5.92 Å². The van der Waals surface area contributed by atoms with Crippen molar-refractivity contribution in [2.75, 3.05) is 26.7 Å². The fourth-order valence-corrected chi connectivity index (χ4v) is 3.53. The van der Waals surface area contributed by atoms with E-state index < -0.39 is 0 Å². The standard InChI is InChI=1S/C17H24N2O2/c1-21-15-5-2-4-14(12-15)16-6-3-11-19(16)17(20)13-7-9-18-10-8-13/h2,4-5,12-13,16,18H,3,6-11H2,1H3. The van der Waals surface area contributed by atoms with Crippen LogP contribution >= 0.6 is 0 Å². The SMILES string of the molecule is COc1cccc(C2CCCN2C(=O)C2CCNCC2)c1. The van der Waals surface area contributed by atoms with Crippen LogP contribution in [0.2, 0.25) is 0 Å². The highest BCUT2D eigenvalue weighted by Gasteiger charge is 2.34. The summed E-state index contributed by atoms with van der Waals surface area (Å²) in [4.78, 5) is 14.9. The second kappa shape index (κ2) is 6.48. The van der Waals surface area contributed by atoms with Gasteiger partial charge in [0.15, 0.2) is 0 Å². The van der Waals surface area contributed by atoms with Gasteiger partial charge in [-0.25, -0.2) is 0 Å². The number of methoxy groups -OCH3 is 1. The molecule has 4 nitrogen and oxygen atoms in total. The molecule has 0 saturated carbocycles. The molecule has 2 heterocycles. The number of piperidine rings is 1. The molecule has 2 aliphatic heterocycles. The first-order valence-electron chi connectivity index (χ1n) is 7.95.